The molecule has 53 heavy (non-hydrogen) atoms. The molecule has 0 N–H and O–H groups in total. The second kappa shape index (κ2) is 13.7. The summed E-state index contributed by atoms with van der Waals surface area (Å²) in [5.74, 6) is 0. The number of benzene rings is 8. The molecule has 254 valence electrons. The smallest absolute Gasteiger partial charge is 0.0662 e. The minimum Gasteiger partial charge on any atom is -0.253 e. The summed E-state index contributed by atoms with van der Waals surface area (Å²) in [6.07, 6.45) is 6.66. The molecule has 1 aliphatic rings. The zero-order valence-electron chi connectivity index (χ0n) is 30.5. The van der Waals surface area contributed by atoms with Crippen LogP contribution in [0.2, 0.25) is 0 Å². The van der Waals surface area contributed by atoms with Crippen molar-refractivity contribution in [3.05, 3.63) is 192 Å². The van der Waals surface area contributed by atoms with E-state index in [-0.39, 0.29) is 0 Å². The van der Waals surface area contributed by atoms with Gasteiger partial charge in [-0.3, -0.25) is 4.99 Å². The summed E-state index contributed by atoms with van der Waals surface area (Å²) < 4.78 is 0. The number of nitrogens with zero attached hydrogens (tertiary/aromatic N) is 1. The van der Waals surface area contributed by atoms with E-state index in [1.165, 1.54) is 93.5 Å². The van der Waals surface area contributed by atoms with Crippen LogP contribution in [-0.2, 0) is 0 Å². The lowest BCUT2D eigenvalue weighted by Gasteiger charge is -2.19. The topological polar surface area (TPSA) is 12.4 Å². The summed E-state index contributed by atoms with van der Waals surface area (Å²) in [7, 11) is 0. The molecule has 0 spiro atoms. The second-order valence-electron chi connectivity index (χ2n) is 14.3. The fraction of sp³-hybridized carbons (Fsp3) is 0.0962. The van der Waals surface area contributed by atoms with Crippen molar-refractivity contribution in [1.29, 1.82) is 0 Å². The van der Waals surface area contributed by atoms with Crippen molar-refractivity contribution in [2.24, 2.45) is 4.99 Å². The van der Waals surface area contributed by atoms with Gasteiger partial charge in [-0.25, -0.2) is 0 Å². The molecule has 0 unspecified atom stereocenters. The maximum Gasteiger partial charge on any atom is 0.0662 e. The van der Waals surface area contributed by atoms with Crippen molar-refractivity contribution < 1.29 is 0 Å². The monoisotopic (exact) mass is 679 g/mol. The molecule has 0 atom stereocenters. The van der Waals surface area contributed by atoms with E-state index in [0.29, 0.717) is 0 Å². The molecule has 0 fully saturated rings. The highest BCUT2D eigenvalue weighted by molar-refractivity contribution is 6.21. The van der Waals surface area contributed by atoms with Crippen molar-refractivity contribution in [2.45, 2.75) is 33.6 Å². The van der Waals surface area contributed by atoms with Gasteiger partial charge in [-0.15, -0.1) is 0 Å². The quantitative estimate of drug-likeness (QED) is 0.123. The van der Waals surface area contributed by atoms with E-state index in [0.717, 1.165) is 24.2 Å². The number of rotatable bonds is 6. The van der Waals surface area contributed by atoms with Crippen LogP contribution in [0.15, 0.2) is 180 Å². The molecule has 0 aromatic heterocycles. The highest BCUT2D eigenvalue weighted by Gasteiger charge is 2.18. The van der Waals surface area contributed by atoms with E-state index < -0.39 is 0 Å². The van der Waals surface area contributed by atoms with Gasteiger partial charge < -0.3 is 0 Å². The molecule has 8 aromatic carbocycles. The van der Waals surface area contributed by atoms with Crippen LogP contribution in [0.3, 0.4) is 0 Å². The number of aliphatic imine (C=N–C) groups is 1. The number of hydrogen-bond donors (Lipinski definition) is 0. The first-order chi connectivity index (χ1) is 26.0. The van der Waals surface area contributed by atoms with Gasteiger partial charge in [0.15, 0.2) is 0 Å². The molecule has 0 aliphatic heterocycles. The van der Waals surface area contributed by atoms with E-state index in [1.807, 2.05) is 0 Å². The van der Waals surface area contributed by atoms with Crippen LogP contribution < -0.4 is 0 Å². The van der Waals surface area contributed by atoms with Crippen molar-refractivity contribution >= 4 is 49.3 Å². The van der Waals surface area contributed by atoms with Crippen molar-refractivity contribution in [3.8, 4) is 33.4 Å². The summed E-state index contributed by atoms with van der Waals surface area (Å²) in [5, 5.41) is 7.59. The summed E-state index contributed by atoms with van der Waals surface area (Å²) in [4.78, 5) is 5.18. The Labute approximate surface area is 312 Å². The van der Waals surface area contributed by atoms with Gasteiger partial charge in [0.2, 0.25) is 0 Å². The zero-order valence-corrected chi connectivity index (χ0v) is 30.5. The largest absolute Gasteiger partial charge is 0.253 e. The Morgan fingerprint density at radius 2 is 1.08 bits per heavy atom. The third-order valence-electron chi connectivity index (χ3n) is 11.0. The molecule has 8 aromatic rings. The lowest BCUT2D eigenvalue weighted by atomic mass is 9.85. The summed E-state index contributed by atoms with van der Waals surface area (Å²) in [6.45, 7) is 6.52. The molecule has 0 saturated carbocycles. The van der Waals surface area contributed by atoms with Gasteiger partial charge in [0.1, 0.15) is 0 Å². The Morgan fingerprint density at radius 1 is 0.509 bits per heavy atom. The van der Waals surface area contributed by atoms with Gasteiger partial charge in [-0.1, -0.05) is 152 Å². The maximum absolute atomic E-state index is 5.18. The van der Waals surface area contributed by atoms with Crippen molar-refractivity contribution in [1.82, 2.24) is 0 Å². The minimum atomic E-state index is 1.02. The van der Waals surface area contributed by atoms with Gasteiger partial charge >= 0.3 is 0 Å². The highest BCUT2D eigenvalue weighted by Crippen LogP contribution is 2.44. The van der Waals surface area contributed by atoms with Crippen LogP contribution in [-0.4, -0.2) is 5.71 Å². The first-order valence-electron chi connectivity index (χ1n) is 18.7. The third-order valence-corrected chi connectivity index (χ3v) is 11.0. The minimum absolute atomic E-state index is 1.02. The average molecular weight is 680 g/mol. The SMILES string of the molecule is CC1=C(c2ccc(-c3ccc(-c4c5ccccc5c(-c5ccc6ccccc6c5)c5ccccc45)cc3)cc2/C(C)=N/c2ccccc2C)CCC=C1. The Hall–Kier alpha value is -6.31. The van der Waals surface area contributed by atoms with E-state index >= 15 is 0 Å². The summed E-state index contributed by atoms with van der Waals surface area (Å²) in [5.41, 5.74) is 15.9. The second-order valence-corrected chi connectivity index (χ2v) is 14.3. The summed E-state index contributed by atoms with van der Waals surface area (Å²) in [6, 6.07) is 57.8. The van der Waals surface area contributed by atoms with Gasteiger partial charge in [0.25, 0.3) is 0 Å². The van der Waals surface area contributed by atoms with Crippen molar-refractivity contribution in [2.75, 3.05) is 0 Å². The normalized spacial score (nSPS) is 13.4. The molecule has 0 heterocycles. The highest BCUT2D eigenvalue weighted by atomic mass is 14.7. The predicted molar refractivity (Wildman–Crippen MR) is 229 cm³/mol. The molecule has 0 saturated heterocycles. The summed E-state index contributed by atoms with van der Waals surface area (Å²) >= 11 is 0. The predicted octanol–water partition coefficient (Wildman–Crippen LogP) is 14.7. The standard InChI is InChI=1S/C52H41N/c1-34-14-4-8-18-43(34)44-31-30-41(33-49(44)36(3)53-50-23-13-5-15-35(50)2)38-24-27-39(28-25-38)51-45-19-9-11-21-47(45)52(48-22-12-10-20-46(48)51)42-29-26-37-16-6-7-17-40(37)32-42/h4-7,9-17,19-33H,8,18H2,1-3H3/b53-36+. The molecule has 1 aliphatic carbocycles. The molecule has 0 bridgehead atoms. The van der Waals surface area contributed by atoms with Crippen LogP contribution in [0.25, 0.3) is 71.3 Å². The average Bonchev–Trinajstić information content (AvgIpc) is 3.20. The van der Waals surface area contributed by atoms with Crippen LogP contribution in [0, 0.1) is 6.92 Å². The Balaban J connectivity index is 1.17. The molecule has 1 nitrogen and oxygen atoms in total. The fourth-order valence-corrected chi connectivity index (χ4v) is 8.27. The van der Waals surface area contributed by atoms with Gasteiger partial charge in [-0.2, -0.15) is 0 Å². The van der Waals surface area contributed by atoms with E-state index in [9.17, 15) is 0 Å². The Kier molecular flexibility index (Phi) is 8.41. The number of hydrogen-bond acceptors (Lipinski definition) is 1. The number of fused-ring (bicyclic) bond motifs is 3. The van der Waals surface area contributed by atoms with Crippen LogP contribution in [0.4, 0.5) is 5.69 Å². The van der Waals surface area contributed by atoms with Crippen LogP contribution >= 0.6 is 0 Å². The van der Waals surface area contributed by atoms with Crippen LogP contribution in [0.1, 0.15) is 43.4 Å². The lowest BCUT2D eigenvalue weighted by Crippen LogP contribution is -2.04. The molecular weight excluding hydrogens is 639 g/mol. The molecule has 0 amide bonds. The first kappa shape index (κ1) is 32.6. The van der Waals surface area contributed by atoms with E-state index in [1.54, 1.807) is 0 Å². The Morgan fingerprint density at radius 3 is 1.75 bits per heavy atom. The maximum atomic E-state index is 5.18. The van der Waals surface area contributed by atoms with Gasteiger partial charge in [0, 0.05) is 11.3 Å². The molecule has 0 radical (unpaired) electrons. The van der Waals surface area contributed by atoms with Crippen LogP contribution in [0.5, 0.6) is 0 Å². The fourth-order valence-electron chi connectivity index (χ4n) is 8.27. The van der Waals surface area contributed by atoms with E-state index in [2.05, 4.69) is 191 Å². The number of allylic oxidation sites excluding steroid dienone is 4. The third kappa shape index (κ3) is 5.99. The molecule has 1 heteroatoms. The number of para-hydroxylation sites is 1. The molecule has 9 rings (SSSR count). The number of aryl methyl sites for hydroxylation is 1. The lowest BCUT2D eigenvalue weighted by molar-refractivity contribution is 1.04. The molecular formula is C52H41N. The van der Waals surface area contributed by atoms with Gasteiger partial charge in [-0.05, 0) is 140 Å². The van der Waals surface area contributed by atoms with Crippen molar-refractivity contribution in [3.63, 3.8) is 0 Å². The zero-order chi connectivity index (χ0) is 35.9. The Bertz CT molecular complexity index is 2730. The van der Waals surface area contributed by atoms with E-state index in [4.69, 9.17) is 4.99 Å². The first-order valence-corrected chi connectivity index (χ1v) is 18.7. The van der Waals surface area contributed by atoms with Gasteiger partial charge in [0.05, 0.1) is 5.69 Å².